The fourth-order valence-corrected chi connectivity index (χ4v) is 4.29. The third kappa shape index (κ3) is 6.92. The van der Waals surface area contributed by atoms with Crippen molar-refractivity contribution in [3.63, 3.8) is 0 Å². The molecule has 0 radical (unpaired) electrons. The Morgan fingerprint density at radius 3 is 1.78 bits per heavy atom. The Morgan fingerprint density at radius 2 is 1.28 bits per heavy atom. The Bertz CT molecular complexity index is 1110. The summed E-state index contributed by atoms with van der Waals surface area (Å²) in [7, 11) is 0. The molecule has 8 heteroatoms. The highest BCUT2D eigenvalue weighted by molar-refractivity contribution is 5.15. The molecule has 0 amide bonds. The number of hydrogen-bond donors (Lipinski definition) is 1. The summed E-state index contributed by atoms with van der Waals surface area (Å²) in [6, 6.07) is 28.2. The van der Waals surface area contributed by atoms with E-state index >= 15 is 0 Å². The highest BCUT2D eigenvalue weighted by Gasteiger charge is 2.52. The third-order valence-electron chi connectivity index (χ3n) is 6.08. The molecule has 1 aliphatic rings. The van der Waals surface area contributed by atoms with Crippen molar-refractivity contribution in [1.82, 2.24) is 0 Å². The zero-order valence-electron chi connectivity index (χ0n) is 20.2. The zero-order valence-corrected chi connectivity index (χ0v) is 20.2. The predicted molar refractivity (Wildman–Crippen MR) is 135 cm³/mol. The molecule has 1 heterocycles. The van der Waals surface area contributed by atoms with Gasteiger partial charge in [0.1, 0.15) is 24.4 Å². The van der Waals surface area contributed by atoms with E-state index in [-0.39, 0.29) is 13.2 Å². The van der Waals surface area contributed by atoms with Gasteiger partial charge in [-0.3, -0.25) is 0 Å². The molecule has 0 spiro atoms. The lowest BCUT2D eigenvalue weighted by Gasteiger charge is -2.47. The monoisotopic (exact) mass is 489 g/mol. The van der Waals surface area contributed by atoms with Crippen molar-refractivity contribution in [1.29, 1.82) is 0 Å². The fraction of sp³-hybridized carbons (Fsp3) is 0.357. The van der Waals surface area contributed by atoms with Crippen molar-refractivity contribution < 1.29 is 24.1 Å². The largest absolute Gasteiger partial charge is 0.374 e. The van der Waals surface area contributed by atoms with E-state index in [9.17, 15) is 10.6 Å². The summed E-state index contributed by atoms with van der Waals surface area (Å²) < 4.78 is 24.6. The van der Waals surface area contributed by atoms with Crippen molar-refractivity contribution in [3.8, 4) is 0 Å². The first-order valence-electron chi connectivity index (χ1n) is 11.9. The van der Waals surface area contributed by atoms with E-state index in [1.165, 1.54) is 6.92 Å². The van der Waals surface area contributed by atoms with Gasteiger partial charge < -0.3 is 24.1 Å². The van der Waals surface area contributed by atoms with E-state index in [1.807, 2.05) is 91.0 Å². The first-order valence-corrected chi connectivity index (χ1v) is 11.9. The van der Waals surface area contributed by atoms with Gasteiger partial charge in [-0.1, -0.05) is 96.1 Å². The van der Waals surface area contributed by atoms with Gasteiger partial charge in [0, 0.05) is 4.91 Å². The lowest BCUT2D eigenvalue weighted by molar-refractivity contribution is -0.321. The van der Waals surface area contributed by atoms with Crippen molar-refractivity contribution in [2.75, 3.05) is 6.61 Å². The van der Waals surface area contributed by atoms with E-state index in [0.29, 0.717) is 13.2 Å². The van der Waals surface area contributed by atoms with E-state index in [2.05, 4.69) is 10.0 Å². The number of rotatable bonds is 11. The molecular weight excluding hydrogens is 458 g/mol. The van der Waals surface area contributed by atoms with Gasteiger partial charge in [-0.25, -0.2) is 0 Å². The molecule has 4 rings (SSSR count). The maximum atomic E-state index is 11.1. The first kappa shape index (κ1) is 25.9. The fourth-order valence-electron chi connectivity index (χ4n) is 4.29. The van der Waals surface area contributed by atoms with Gasteiger partial charge in [0.2, 0.25) is 0 Å². The Labute approximate surface area is 211 Å². The minimum Gasteiger partial charge on any atom is -0.374 e. The zero-order chi connectivity index (χ0) is 25.2. The smallest absolute Gasteiger partial charge is 0.174 e. The molecule has 36 heavy (non-hydrogen) atoms. The standard InChI is InChI=1S/C28H31N3O5/c1-28(32)27(30-31-29)26(35-19-23-15-9-4-10-16-23)25(34-18-22-13-7-3-8-14-22)24(36-28)20-33-17-21-11-5-2-6-12-21/h2-16,24-27,32H,17-20H2,1H3/t24-,25+,26+,27-,28?/m1/s1. The van der Waals surface area contributed by atoms with E-state index in [4.69, 9.17) is 18.9 Å². The maximum absolute atomic E-state index is 11.1. The Balaban J connectivity index is 1.56. The molecule has 1 N–H and O–H groups in total. The molecule has 0 aliphatic carbocycles. The average Bonchev–Trinajstić information content (AvgIpc) is 2.90. The van der Waals surface area contributed by atoms with E-state index in [0.717, 1.165) is 16.7 Å². The Kier molecular flexibility index (Phi) is 9.08. The number of aliphatic hydroxyl groups is 1. The van der Waals surface area contributed by atoms with Crippen molar-refractivity contribution in [2.45, 2.75) is 56.9 Å². The molecule has 0 saturated carbocycles. The van der Waals surface area contributed by atoms with E-state index in [1.54, 1.807) is 0 Å². The number of nitrogens with zero attached hydrogens (tertiary/aromatic N) is 3. The van der Waals surface area contributed by atoms with Gasteiger partial charge in [0.25, 0.3) is 0 Å². The van der Waals surface area contributed by atoms with Crippen LogP contribution in [-0.4, -0.2) is 41.9 Å². The van der Waals surface area contributed by atoms with Gasteiger partial charge in [-0.05, 0) is 29.1 Å². The topological polar surface area (TPSA) is 106 Å². The van der Waals surface area contributed by atoms with Gasteiger partial charge >= 0.3 is 0 Å². The maximum Gasteiger partial charge on any atom is 0.174 e. The van der Waals surface area contributed by atoms with Crippen LogP contribution in [0.4, 0.5) is 0 Å². The minimum absolute atomic E-state index is 0.151. The first-order chi connectivity index (χ1) is 17.6. The molecule has 0 aromatic heterocycles. The molecule has 1 saturated heterocycles. The second-order valence-electron chi connectivity index (χ2n) is 8.88. The summed E-state index contributed by atoms with van der Waals surface area (Å²) in [5.74, 6) is -1.78. The normalized spacial score (nSPS) is 25.7. The number of azide groups is 1. The third-order valence-corrected chi connectivity index (χ3v) is 6.08. The SMILES string of the molecule is CC1(O)O[C@H](COCc2ccccc2)[C@H](OCc2ccccc2)[C@H](OCc2ccccc2)[C@H]1N=[N+]=[N-]. The molecule has 1 unspecified atom stereocenters. The lowest BCUT2D eigenvalue weighted by Crippen LogP contribution is -2.64. The van der Waals surface area contributed by atoms with Crippen LogP contribution in [-0.2, 0) is 38.8 Å². The van der Waals surface area contributed by atoms with Crippen LogP contribution in [0.25, 0.3) is 10.4 Å². The molecule has 3 aromatic carbocycles. The van der Waals surface area contributed by atoms with Crippen LogP contribution in [0.3, 0.4) is 0 Å². The average molecular weight is 490 g/mol. The van der Waals surface area contributed by atoms with Crippen LogP contribution in [0.2, 0.25) is 0 Å². The van der Waals surface area contributed by atoms with Crippen molar-refractivity contribution in [2.24, 2.45) is 5.11 Å². The summed E-state index contributed by atoms with van der Waals surface area (Å²) in [4.78, 5) is 2.96. The minimum atomic E-state index is -1.78. The predicted octanol–water partition coefficient (Wildman–Crippen LogP) is 5.16. The summed E-state index contributed by atoms with van der Waals surface area (Å²) in [6.45, 7) is 2.55. The summed E-state index contributed by atoms with van der Waals surface area (Å²) in [5.41, 5.74) is 12.2. The van der Waals surface area contributed by atoms with Gasteiger partial charge in [-0.2, -0.15) is 0 Å². The number of benzene rings is 3. The van der Waals surface area contributed by atoms with Crippen molar-refractivity contribution >= 4 is 0 Å². The van der Waals surface area contributed by atoms with E-state index < -0.39 is 30.1 Å². The van der Waals surface area contributed by atoms with Crippen LogP contribution >= 0.6 is 0 Å². The van der Waals surface area contributed by atoms with Crippen LogP contribution in [0.15, 0.2) is 96.1 Å². The summed E-state index contributed by atoms with van der Waals surface area (Å²) >= 11 is 0. The van der Waals surface area contributed by atoms with Gasteiger partial charge in [0.15, 0.2) is 5.79 Å². The Morgan fingerprint density at radius 1 is 0.806 bits per heavy atom. The van der Waals surface area contributed by atoms with Gasteiger partial charge in [-0.15, -0.1) is 0 Å². The number of ether oxygens (including phenoxy) is 4. The molecular formula is C28H31N3O5. The lowest BCUT2D eigenvalue weighted by atomic mass is 9.91. The van der Waals surface area contributed by atoms with Crippen molar-refractivity contribution in [3.05, 3.63) is 118 Å². The Hall–Kier alpha value is -3.23. The van der Waals surface area contributed by atoms with Gasteiger partial charge in [0.05, 0.1) is 26.4 Å². The molecule has 1 aliphatic heterocycles. The molecule has 5 atom stereocenters. The molecule has 3 aromatic rings. The van der Waals surface area contributed by atoms with Crippen LogP contribution in [0, 0.1) is 0 Å². The van der Waals surface area contributed by atoms with Crippen LogP contribution < -0.4 is 0 Å². The highest BCUT2D eigenvalue weighted by atomic mass is 16.7. The second kappa shape index (κ2) is 12.6. The molecule has 8 nitrogen and oxygen atoms in total. The highest BCUT2D eigenvalue weighted by Crippen LogP contribution is 2.35. The molecule has 1 fully saturated rings. The summed E-state index contributed by atoms with van der Waals surface area (Å²) in [6.07, 6.45) is -2.11. The number of hydrogen-bond acceptors (Lipinski definition) is 6. The van der Waals surface area contributed by atoms with Crippen LogP contribution in [0.5, 0.6) is 0 Å². The molecule has 0 bridgehead atoms. The van der Waals surface area contributed by atoms with Crippen LogP contribution in [0.1, 0.15) is 23.6 Å². The summed E-state index contributed by atoms with van der Waals surface area (Å²) in [5, 5.41) is 15.0. The second-order valence-corrected chi connectivity index (χ2v) is 8.88. The molecule has 188 valence electrons. The quantitative estimate of drug-likeness (QED) is 0.227.